The van der Waals surface area contributed by atoms with E-state index in [-0.39, 0.29) is 11.7 Å². The normalized spacial score (nSPS) is 15.3. The summed E-state index contributed by atoms with van der Waals surface area (Å²) in [6, 6.07) is 23.0. The van der Waals surface area contributed by atoms with Gasteiger partial charge in [0.15, 0.2) is 0 Å². The highest BCUT2D eigenvalue weighted by molar-refractivity contribution is 9.10. The Morgan fingerprint density at radius 2 is 1.56 bits per heavy atom. The van der Waals surface area contributed by atoms with Crippen LogP contribution in [0.5, 0.6) is 0 Å². The van der Waals surface area contributed by atoms with E-state index < -0.39 is 0 Å². The number of nitrogens with zero attached hydrogens (tertiary/aromatic N) is 2. The first-order chi connectivity index (χ1) is 13.1. The fourth-order valence-corrected chi connectivity index (χ4v) is 3.10. The predicted molar refractivity (Wildman–Crippen MR) is 109 cm³/mol. The molecule has 0 unspecified atom stereocenters. The van der Waals surface area contributed by atoms with Gasteiger partial charge in [-0.3, -0.25) is 4.79 Å². The molecule has 1 aliphatic rings. The maximum absolute atomic E-state index is 13.2. The Kier molecular flexibility index (Phi) is 4.69. The number of anilines is 1. The molecule has 132 valence electrons. The molecule has 0 spiro atoms. The van der Waals surface area contributed by atoms with Crippen molar-refractivity contribution in [3.8, 4) is 0 Å². The minimum atomic E-state index is -0.316. The molecule has 1 aliphatic heterocycles. The van der Waals surface area contributed by atoms with E-state index in [0.717, 1.165) is 15.6 Å². The van der Waals surface area contributed by atoms with Crippen LogP contribution in [0.2, 0.25) is 0 Å². The van der Waals surface area contributed by atoms with Gasteiger partial charge in [-0.05, 0) is 48.0 Å². The van der Waals surface area contributed by atoms with Crippen LogP contribution in [-0.4, -0.2) is 11.6 Å². The Morgan fingerprint density at radius 3 is 2.22 bits per heavy atom. The van der Waals surface area contributed by atoms with E-state index in [1.165, 1.54) is 17.1 Å². The second-order valence-corrected chi connectivity index (χ2v) is 6.93. The zero-order valence-corrected chi connectivity index (χ0v) is 15.7. The molecule has 27 heavy (non-hydrogen) atoms. The van der Waals surface area contributed by atoms with Gasteiger partial charge in [0.05, 0.1) is 11.3 Å². The third kappa shape index (κ3) is 3.59. The summed E-state index contributed by atoms with van der Waals surface area (Å²) in [4.78, 5) is 13.1. The Balaban J connectivity index is 1.81. The quantitative estimate of drug-likeness (QED) is 0.520. The van der Waals surface area contributed by atoms with Gasteiger partial charge in [-0.25, -0.2) is 4.39 Å². The van der Waals surface area contributed by atoms with E-state index in [0.29, 0.717) is 17.0 Å². The molecular weight excluding hydrogens is 407 g/mol. The summed E-state index contributed by atoms with van der Waals surface area (Å²) in [5.74, 6) is -0.538. The van der Waals surface area contributed by atoms with Crippen molar-refractivity contribution in [3.05, 3.63) is 106 Å². The van der Waals surface area contributed by atoms with Crippen molar-refractivity contribution < 1.29 is 9.18 Å². The molecule has 0 radical (unpaired) electrons. The van der Waals surface area contributed by atoms with Crippen LogP contribution in [0.4, 0.5) is 10.1 Å². The summed E-state index contributed by atoms with van der Waals surface area (Å²) in [5, 5.41) is 5.97. The third-order valence-electron chi connectivity index (χ3n) is 4.18. The molecule has 0 aromatic heterocycles. The number of rotatable bonds is 3. The topological polar surface area (TPSA) is 32.7 Å². The van der Waals surface area contributed by atoms with Crippen LogP contribution in [-0.2, 0) is 4.79 Å². The van der Waals surface area contributed by atoms with Gasteiger partial charge in [0, 0.05) is 10.0 Å². The minimum absolute atomic E-state index is 0.222. The maximum Gasteiger partial charge on any atom is 0.281 e. The molecule has 0 saturated heterocycles. The van der Waals surface area contributed by atoms with Crippen LogP contribution in [0, 0.1) is 5.82 Å². The number of hydrogen-bond donors (Lipinski definition) is 0. The molecule has 0 N–H and O–H groups in total. The molecular formula is C22H14BrFN2O. The highest BCUT2D eigenvalue weighted by atomic mass is 79.9. The predicted octanol–water partition coefficient (Wildman–Crippen LogP) is 5.42. The summed E-state index contributed by atoms with van der Waals surface area (Å²) in [6.07, 6.45) is 1.74. The van der Waals surface area contributed by atoms with E-state index in [1.807, 2.05) is 54.6 Å². The average molecular weight is 421 g/mol. The summed E-state index contributed by atoms with van der Waals surface area (Å²) in [5.41, 5.74) is 3.32. The average Bonchev–Trinajstić information content (AvgIpc) is 3.01. The minimum Gasteiger partial charge on any atom is -0.267 e. The molecule has 0 atom stereocenters. The van der Waals surface area contributed by atoms with Crippen LogP contribution >= 0.6 is 15.9 Å². The van der Waals surface area contributed by atoms with E-state index in [9.17, 15) is 9.18 Å². The summed E-state index contributed by atoms with van der Waals surface area (Å²) < 4.78 is 14.1. The zero-order valence-electron chi connectivity index (χ0n) is 14.1. The van der Waals surface area contributed by atoms with Crippen molar-refractivity contribution in [1.29, 1.82) is 0 Å². The summed E-state index contributed by atoms with van der Waals surface area (Å²) >= 11 is 3.40. The molecule has 3 nitrogen and oxygen atoms in total. The standard InChI is InChI=1S/C22H14BrFN2O/c23-17-8-12-19(13-9-17)26-22(27)20(14-15-6-10-18(24)11-7-15)21(25-26)16-4-2-1-3-5-16/h1-14H/b20-14-. The number of carbonyl (C=O) groups is 1. The Labute approximate surface area is 164 Å². The molecule has 1 heterocycles. The van der Waals surface area contributed by atoms with Crippen molar-refractivity contribution in [1.82, 2.24) is 0 Å². The van der Waals surface area contributed by atoms with Crippen LogP contribution in [0.3, 0.4) is 0 Å². The van der Waals surface area contributed by atoms with Crippen molar-refractivity contribution in [3.63, 3.8) is 0 Å². The molecule has 0 fully saturated rings. The lowest BCUT2D eigenvalue weighted by Gasteiger charge is -2.11. The molecule has 3 aromatic carbocycles. The first-order valence-corrected chi connectivity index (χ1v) is 9.13. The lowest BCUT2D eigenvalue weighted by atomic mass is 10.0. The number of hydrazone groups is 1. The van der Waals surface area contributed by atoms with Gasteiger partial charge in [0.25, 0.3) is 5.91 Å². The van der Waals surface area contributed by atoms with Crippen molar-refractivity contribution >= 4 is 39.3 Å². The Hall–Kier alpha value is -3.05. The number of carbonyl (C=O) groups excluding carboxylic acids is 1. The van der Waals surface area contributed by atoms with Crippen molar-refractivity contribution in [2.24, 2.45) is 5.10 Å². The first-order valence-electron chi connectivity index (χ1n) is 8.33. The second kappa shape index (κ2) is 7.29. The van der Waals surface area contributed by atoms with E-state index in [4.69, 9.17) is 0 Å². The Bertz CT molecular complexity index is 1040. The van der Waals surface area contributed by atoms with Gasteiger partial charge < -0.3 is 0 Å². The number of hydrogen-bond acceptors (Lipinski definition) is 2. The van der Waals surface area contributed by atoms with E-state index in [2.05, 4.69) is 21.0 Å². The first kappa shape index (κ1) is 17.4. The molecule has 4 rings (SSSR count). The van der Waals surface area contributed by atoms with Gasteiger partial charge in [0.2, 0.25) is 0 Å². The summed E-state index contributed by atoms with van der Waals surface area (Å²) in [6.45, 7) is 0. The van der Waals surface area contributed by atoms with Crippen molar-refractivity contribution in [2.45, 2.75) is 0 Å². The van der Waals surface area contributed by atoms with Gasteiger partial charge >= 0.3 is 0 Å². The molecule has 0 bridgehead atoms. The van der Waals surface area contributed by atoms with Gasteiger partial charge in [-0.15, -0.1) is 0 Å². The molecule has 0 aliphatic carbocycles. The van der Waals surface area contributed by atoms with Crippen LogP contribution in [0.15, 0.2) is 94.0 Å². The Morgan fingerprint density at radius 1 is 0.889 bits per heavy atom. The lowest BCUT2D eigenvalue weighted by Crippen LogP contribution is -2.21. The zero-order chi connectivity index (χ0) is 18.8. The SMILES string of the molecule is O=C1/C(=C\c2ccc(F)cc2)C(c2ccccc2)=NN1c1ccc(Br)cc1. The number of amides is 1. The lowest BCUT2D eigenvalue weighted by molar-refractivity contribution is -0.114. The third-order valence-corrected chi connectivity index (χ3v) is 4.71. The molecule has 0 saturated carbocycles. The van der Waals surface area contributed by atoms with Crippen molar-refractivity contribution in [2.75, 3.05) is 5.01 Å². The van der Waals surface area contributed by atoms with Gasteiger partial charge in [-0.1, -0.05) is 58.4 Å². The fraction of sp³-hybridized carbons (Fsp3) is 0. The fourth-order valence-electron chi connectivity index (χ4n) is 2.84. The summed E-state index contributed by atoms with van der Waals surface area (Å²) in [7, 11) is 0. The second-order valence-electron chi connectivity index (χ2n) is 6.02. The van der Waals surface area contributed by atoms with Crippen LogP contribution in [0.1, 0.15) is 11.1 Å². The van der Waals surface area contributed by atoms with E-state index >= 15 is 0 Å². The smallest absolute Gasteiger partial charge is 0.267 e. The molecule has 3 aromatic rings. The monoisotopic (exact) mass is 420 g/mol. The van der Waals surface area contributed by atoms with Crippen LogP contribution in [0.25, 0.3) is 6.08 Å². The number of benzene rings is 3. The highest BCUT2D eigenvalue weighted by Gasteiger charge is 2.31. The highest BCUT2D eigenvalue weighted by Crippen LogP contribution is 2.28. The number of halogens is 2. The molecule has 1 amide bonds. The van der Waals surface area contributed by atoms with Gasteiger partial charge in [-0.2, -0.15) is 10.1 Å². The van der Waals surface area contributed by atoms with Gasteiger partial charge in [0.1, 0.15) is 11.5 Å². The van der Waals surface area contributed by atoms with Crippen LogP contribution < -0.4 is 5.01 Å². The largest absolute Gasteiger partial charge is 0.281 e. The molecule has 5 heteroatoms. The van der Waals surface area contributed by atoms with E-state index in [1.54, 1.807) is 18.2 Å². The maximum atomic E-state index is 13.2.